The first-order valence-corrected chi connectivity index (χ1v) is 9.38. The summed E-state index contributed by atoms with van der Waals surface area (Å²) in [5.74, 6) is 0.388. The van der Waals surface area contributed by atoms with Crippen molar-refractivity contribution in [2.24, 2.45) is 0 Å². The van der Waals surface area contributed by atoms with Crippen LogP contribution in [0.4, 0.5) is 10.1 Å². The zero-order chi connectivity index (χ0) is 19.1. The molecule has 138 valence electrons. The van der Waals surface area contributed by atoms with E-state index in [1.807, 2.05) is 25.1 Å². The lowest BCUT2D eigenvalue weighted by Gasteiger charge is -2.10. The number of nitrogens with one attached hydrogen (secondary N) is 1. The number of thioether (sulfide) groups is 1. The van der Waals surface area contributed by atoms with Crippen LogP contribution in [0.15, 0.2) is 65.7 Å². The van der Waals surface area contributed by atoms with Crippen LogP contribution in [0.5, 0.6) is 5.75 Å². The van der Waals surface area contributed by atoms with Gasteiger partial charge in [-0.1, -0.05) is 23.9 Å². The number of hydrogen-bond donors (Lipinski definition) is 1. The van der Waals surface area contributed by atoms with Crippen LogP contribution < -0.4 is 10.1 Å². The Morgan fingerprint density at radius 2 is 1.85 bits per heavy atom. The molecular weight excluding hydrogens is 365 g/mol. The van der Waals surface area contributed by atoms with Gasteiger partial charge in [0.05, 0.1) is 23.7 Å². The zero-order valence-corrected chi connectivity index (χ0v) is 15.5. The van der Waals surface area contributed by atoms with E-state index in [2.05, 4.69) is 15.5 Å². The fraction of sp³-hybridized carbons (Fsp3) is 0.150. The molecule has 1 amide bonds. The van der Waals surface area contributed by atoms with Gasteiger partial charge in [0.25, 0.3) is 0 Å². The number of rotatable bonds is 7. The molecule has 0 unspecified atom stereocenters. The van der Waals surface area contributed by atoms with Crippen LogP contribution in [0, 0.1) is 5.82 Å². The zero-order valence-electron chi connectivity index (χ0n) is 14.7. The first kappa shape index (κ1) is 18.8. The van der Waals surface area contributed by atoms with Crippen LogP contribution in [0.2, 0.25) is 0 Å². The highest BCUT2D eigenvalue weighted by atomic mass is 32.2. The van der Waals surface area contributed by atoms with E-state index in [1.54, 1.807) is 30.3 Å². The maximum Gasteiger partial charge on any atom is 0.234 e. The molecule has 3 rings (SSSR count). The van der Waals surface area contributed by atoms with Gasteiger partial charge in [0.15, 0.2) is 0 Å². The quantitative estimate of drug-likeness (QED) is 0.612. The predicted octanol–water partition coefficient (Wildman–Crippen LogP) is 4.41. The third-order valence-corrected chi connectivity index (χ3v) is 4.51. The normalized spacial score (nSPS) is 10.4. The topological polar surface area (TPSA) is 64.1 Å². The monoisotopic (exact) mass is 383 g/mol. The lowest BCUT2D eigenvalue weighted by molar-refractivity contribution is -0.113. The Morgan fingerprint density at radius 1 is 1.07 bits per heavy atom. The second kappa shape index (κ2) is 9.14. The molecule has 0 saturated heterocycles. The summed E-state index contributed by atoms with van der Waals surface area (Å²) in [7, 11) is 0. The Bertz CT molecular complexity index is 902. The molecule has 0 aliphatic heterocycles. The highest BCUT2D eigenvalue weighted by Crippen LogP contribution is 2.25. The highest BCUT2D eigenvalue weighted by Gasteiger charge is 2.09. The van der Waals surface area contributed by atoms with Crippen molar-refractivity contribution in [3.05, 3.63) is 66.5 Å². The second-order valence-electron chi connectivity index (χ2n) is 5.53. The third-order valence-electron chi connectivity index (χ3n) is 3.59. The SMILES string of the molecule is CCOc1ccccc1NC(=O)CSc1ccc(-c2ccc(F)cc2)nn1. The summed E-state index contributed by atoms with van der Waals surface area (Å²) in [5.41, 5.74) is 2.07. The first-order valence-electron chi connectivity index (χ1n) is 8.40. The van der Waals surface area contributed by atoms with Crippen LogP contribution in [0.25, 0.3) is 11.3 Å². The molecule has 0 spiro atoms. The van der Waals surface area contributed by atoms with Crippen molar-refractivity contribution in [3.8, 4) is 17.0 Å². The molecule has 0 aliphatic rings. The fourth-order valence-corrected chi connectivity index (χ4v) is 2.96. The molecule has 1 aromatic heterocycles. The number of carbonyl (C=O) groups is 1. The van der Waals surface area contributed by atoms with Gasteiger partial charge in [-0.15, -0.1) is 10.2 Å². The van der Waals surface area contributed by atoms with Gasteiger partial charge >= 0.3 is 0 Å². The van der Waals surface area contributed by atoms with Gasteiger partial charge < -0.3 is 10.1 Å². The van der Waals surface area contributed by atoms with Gasteiger partial charge in [0.2, 0.25) is 5.91 Å². The number of nitrogens with zero attached hydrogens (tertiary/aromatic N) is 2. The molecule has 0 radical (unpaired) electrons. The van der Waals surface area contributed by atoms with Crippen molar-refractivity contribution in [1.82, 2.24) is 10.2 Å². The van der Waals surface area contributed by atoms with E-state index >= 15 is 0 Å². The van der Waals surface area contributed by atoms with Gasteiger partial charge in [-0.2, -0.15) is 0 Å². The van der Waals surface area contributed by atoms with E-state index in [0.29, 0.717) is 28.8 Å². The summed E-state index contributed by atoms with van der Waals surface area (Å²) in [4.78, 5) is 12.2. The van der Waals surface area contributed by atoms with Crippen molar-refractivity contribution in [3.63, 3.8) is 0 Å². The molecule has 1 N–H and O–H groups in total. The lowest BCUT2D eigenvalue weighted by Crippen LogP contribution is -2.15. The van der Waals surface area contributed by atoms with E-state index in [9.17, 15) is 9.18 Å². The number of ether oxygens (including phenoxy) is 1. The Labute approximate surface area is 161 Å². The van der Waals surface area contributed by atoms with Crippen molar-refractivity contribution in [2.45, 2.75) is 11.9 Å². The molecule has 27 heavy (non-hydrogen) atoms. The van der Waals surface area contributed by atoms with E-state index in [1.165, 1.54) is 23.9 Å². The molecule has 1 heterocycles. The molecule has 3 aromatic rings. The van der Waals surface area contributed by atoms with Crippen LogP contribution in [0.1, 0.15) is 6.92 Å². The molecule has 0 aliphatic carbocycles. The Morgan fingerprint density at radius 3 is 2.56 bits per heavy atom. The molecule has 7 heteroatoms. The van der Waals surface area contributed by atoms with Crippen LogP contribution >= 0.6 is 11.8 Å². The summed E-state index contributed by atoms with van der Waals surface area (Å²) in [6.45, 7) is 2.42. The number of benzene rings is 2. The number of halogens is 1. The van der Waals surface area contributed by atoms with Crippen molar-refractivity contribution in [2.75, 3.05) is 17.7 Å². The first-order chi connectivity index (χ1) is 13.2. The molecule has 5 nitrogen and oxygen atoms in total. The van der Waals surface area contributed by atoms with Gasteiger partial charge in [0, 0.05) is 5.56 Å². The second-order valence-corrected chi connectivity index (χ2v) is 6.53. The van der Waals surface area contributed by atoms with Crippen molar-refractivity contribution < 1.29 is 13.9 Å². The van der Waals surface area contributed by atoms with Gasteiger partial charge in [-0.05, 0) is 55.5 Å². The summed E-state index contributed by atoms with van der Waals surface area (Å²) < 4.78 is 18.5. The van der Waals surface area contributed by atoms with Crippen molar-refractivity contribution in [1.29, 1.82) is 0 Å². The van der Waals surface area contributed by atoms with Gasteiger partial charge in [0.1, 0.15) is 16.6 Å². The molecule has 0 bridgehead atoms. The Hall–Kier alpha value is -2.93. The summed E-state index contributed by atoms with van der Waals surface area (Å²) in [6.07, 6.45) is 0. The van der Waals surface area contributed by atoms with Crippen molar-refractivity contribution >= 4 is 23.4 Å². The smallest absolute Gasteiger partial charge is 0.234 e. The minimum Gasteiger partial charge on any atom is -0.492 e. The van der Waals surface area contributed by atoms with E-state index < -0.39 is 0 Å². The van der Waals surface area contributed by atoms with Crippen LogP contribution in [-0.4, -0.2) is 28.5 Å². The standard InChI is InChI=1S/C20H18FN3O2S/c1-2-26-18-6-4-3-5-17(18)22-19(25)13-27-20-12-11-16(23-24-20)14-7-9-15(21)10-8-14/h3-12H,2,13H2,1H3,(H,22,25). The van der Waals surface area contributed by atoms with Crippen LogP contribution in [-0.2, 0) is 4.79 Å². The largest absolute Gasteiger partial charge is 0.492 e. The number of amides is 1. The molecule has 2 aromatic carbocycles. The van der Waals surface area contributed by atoms with Crippen LogP contribution in [0.3, 0.4) is 0 Å². The predicted molar refractivity (Wildman–Crippen MR) is 104 cm³/mol. The third kappa shape index (κ3) is 5.27. The number of para-hydroxylation sites is 2. The minimum atomic E-state index is -0.296. The molecule has 0 saturated carbocycles. The fourth-order valence-electron chi connectivity index (χ4n) is 2.35. The maximum absolute atomic E-state index is 13.0. The average molecular weight is 383 g/mol. The van der Waals surface area contributed by atoms with E-state index in [0.717, 1.165) is 5.56 Å². The Balaban J connectivity index is 1.57. The number of carbonyl (C=O) groups excluding carboxylic acids is 1. The molecule has 0 fully saturated rings. The van der Waals surface area contributed by atoms with Gasteiger partial charge in [-0.3, -0.25) is 4.79 Å². The Kier molecular flexibility index (Phi) is 6.38. The van der Waals surface area contributed by atoms with E-state index in [4.69, 9.17) is 4.74 Å². The number of hydrogen-bond acceptors (Lipinski definition) is 5. The summed E-state index contributed by atoms with van der Waals surface area (Å²) in [5, 5.41) is 11.7. The molecule has 0 atom stereocenters. The van der Waals surface area contributed by atoms with E-state index in [-0.39, 0.29) is 17.5 Å². The lowest BCUT2D eigenvalue weighted by atomic mass is 10.1. The average Bonchev–Trinajstić information content (AvgIpc) is 2.69. The van der Waals surface area contributed by atoms with Gasteiger partial charge in [-0.25, -0.2) is 4.39 Å². The molecular formula is C20H18FN3O2S. The number of anilines is 1. The highest BCUT2D eigenvalue weighted by molar-refractivity contribution is 7.99. The number of aromatic nitrogens is 2. The maximum atomic E-state index is 13.0. The summed E-state index contributed by atoms with van der Waals surface area (Å²) >= 11 is 1.29. The summed E-state index contributed by atoms with van der Waals surface area (Å²) in [6, 6.07) is 16.9. The minimum absolute atomic E-state index is 0.156.